The molecule has 0 radical (unpaired) electrons. The number of nitrogens with zero attached hydrogens (tertiary/aromatic N) is 4. The fourth-order valence-electron chi connectivity index (χ4n) is 3.44. The maximum absolute atomic E-state index is 11.1. The summed E-state index contributed by atoms with van der Waals surface area (Å²) in [6.07, 6.45) is 8.66. The van der Waals surface area contributed by atoms with Crippen LogP contribution in [-0.2, 0) is 21.3 Å². The van der Waals surface area contributed by atoms with Crippen molar-refractivity contribution in [2.24, 2.45) is 13.0 Å². The van der Waals surface area contributed by atoms with E-state index in [-0.39, 0.29) is 0 Å². The lowest BCUT2D eigenvalue weighted by Crippen LogP contribution is -2.36. The number of aryl methyl sites for hydroxylation is 1. The van der Waals surface area contributed by atoms with Gasteiger partial charge in [-0.15, -0.1) is 0 Å². The highest BCUT2D eigenvalue weighted by atomic mass is 32.2. The summed E-state index contributed by atoms with van der Waals surface area (Å²) >= 11 is 0. The second kappa shape index (κ2) is 6.68. The standard InChI is InChI=1S/C16H24N4O3S/c1-19-9-8-14-15(19)17-11-18-16(14)20(2)13-6-4-12(5-7-13)10-23-24(3,21)22/h8-9,11-13H,4-7,10H2,1-3H3/t12-,13-. The van der Waals surface area contributed by atoms with Gasteiger partial charge in [0.1, 0.15) is 17.8 Å². The van der Waals surface area contributed by atoms with Gasteiger partial charge in [0, 0.05) is 26.3 Å². The largest absolute Gasteiger partial charge is 0.356 e. The van der Waals surface area contributed by atoms with Crippen molar-refractivity contribution in [2.75, 3.05) is 24.8 Å². The molecule has 1 aliphatic carbocycles. The van der Waals surface area contributed by atoms with Crippen molar-refractivity contribution >= 4 is 27.0 Å². The first-order valence-corrected chi connectivity index (χ1v) is 10.00. The maximum Gasteiger partial charge on any atom is 0.264 e. The van der Waals surface area contributed by atoms with E-state index in [4.69, 9.17) is 4.18 Å². The molecule has 3 rings (SSSR count). The van der Waals surface area contributed by atoms with E-state index in [1.165, 1.54) is 0 Å². The van der Waals surface area contributed by atoms with Crippen LogP contribution in [0.1, 0.15) is 25.7 Å². The molecule has 0 atom stereocenters. The summed E-state index contributed by atoms with van der Waals surface area (Å²) < 4.78 is 29.2. The smallest absolute Gasteiger partial charge is 0.264 e. The number of rotatable bonds is 5. The van der Waals surface area contributed by atoms with Crippen molar-refractivity contribution in [3.8, 4) is 0 Å². The zero-order valence-electron chi connectivity index (χ0n) is 14.3. The molecule has 24 heavy (non-hydrogen) atoms. The number of hydrogen-bond acceptors (Lipinski definition) is 6. The first-order valence-electron chi connectivity index (χ1n) is 8.18. The summed E-state index contributed by atoms with van der Waals surface area (Å²) in [6.45, 7) is 0.297. The van der Waals surface area contributed by atoms with E-state index < -0.39 is 10.1 Å². The minimum atomic E-state index is -3.35. The lowest BCUT2D eigenvalue weighted by Gasteiger charge is -2.35. The third kappa shape index (κ3) is 3.70. The molecule has 1 aliphatic rings. The molecular weight excluding hydrogens is 328 g/mol. The van der Waals surface area contributed by atoms with Gasteiger partial charge in [0.2, 0.25) is 0 Å². The molecule has 0 bridgehead atoms. The molecule has 1 fully saturated rings. The molecule has 2 heterocycles. The van der Waals surface area contributed by atoms with E-state index in [1.54, 1.807) is 6.33 Å². The molecule has 0 unspecified atom stereocenters. The lowest BCUT2D eigenvalue weighted by atomic mass is 9.86. The number of anilines is 1. The van der Waals surface area contributed by atoms with Crippen LogP contribution >= 0.6 is 0 Å². The van der Waals surface area contributed by atoms with Crippen molar-refractivity contribution in [1.29, 1.82) is 0 Å². The predicted molar refractivity (Wildman–Crippen MR) is 93.5 cm³/mol. The highest BCUT2D eigenvalue weighted by molar-refractivity contribution is 7.85. The predicted octanol–water partition coefficient (Wildman–Crippen LogP) is 1.94. The van der Waals surface area contributed by atoms with Crippen molar-refractivity contribution in [2.45, 2.75) is 31.7 Å². The average Bonchev–Trinajstić information content (AvgIpc) is 2.94. The van der Waals surface area contributed by atoms with Gasteiger partial charge in [0.15, 0.2) is 0 Å². The highest BCUT2D eigenvalue weighted by Gasteiger charge is 2.26. The summed E-state index contributed by atoms with van der Waals surface area (Å²) in [5.41, 5.74) is 0.932. The van der Waals surface area contributed by atoms with Crippen LogP contribution in [0.25, 0.3) is 11.0 Å². The number of hydrogen-bond donors (Lipinski definition) is 0. The molecule has 8 heteroatoms. The summed E-state index contributed by atoms with van der Waals surface area (Å²) in [5.74, 6) is 1.27. The normalized spacial score (nSPS) is 22.0. The zero-order chi connectivity index (χ0) is 17.3. The van der Waals surface area contributed by atoms with Crippen LogP contribution in [-0.4, -0.2) is 48.9 Å². The van der Waals surface area contributed by atoms with Crippen molar-refractivity contribution in [1.82, 2.24) is 14.5 Å². The van der Waals surface area contributed by atoms with Crippen molar-refractivity contribution in [3.05, 3.63) is 18.6 Å². The van der Waals surface area contributed by atoms with Crippen LogP contribution in [0.2, 0.25) is 0 Å². The zero-order valence-corrected chi connectivity index (χ0v) is 15.2. The van der Waals surface area contributed by atoms with Gasteiger partial charge in [0.25, 0.3) is 10.1 Å². The van der Waals surface area contributed by atoms with Gasteiger partial charge < -0.3 is 9.47 Å². The van der Waals surface area contributed by atoms with E-state index in [2.05, 4.69) is 21.9 Å². The lowest BCUT2D eigenvalue weighted by molar-refractivity contribution is 0.205. The van der Waals surface area contributed by atoms with E-state index in [0.717, 1.165) is 48.8 Å². The van der Waals surface area contributed by atoms with E-state index in [0.29, 0.717) is 18.6 Å². The third-order valence-corrected chi connectivity index (χ3v) is 5.42. The highest BCUT2D eigenvalue weighted by Crippen LogP contribution is 2.32. The van der Waals surface area contributed by atoms with Gasteiger partial charge in [-0.1, -0.05) is 0 Å². The Balaban J connectivity index is 1.65. The molecular formula is C16H24N4O3S. The van der Waals surface area contributed by atoms with Gasteiger partial charge in [-0.2, -0.15) is 8.42 Å². The van der Waals surface area contributed by atoms with Gasteiger partial charge >= 0.3 is 0 Å². The molecule has 0 N–H and O–H groups in total. The maximum atomic E-state index is 11.1. The molecule has 0 amide bonds. The Bertz CT molecular complexity index is 810. The Labute approximate surface area is 142 Å². The third-order valence-electron chi connectivity index (χ3n) is 4.86. The topological polar surface area (TPSA) is 77.3 Å². The first-order chi connectivity index (χ1) is 11.3. The number of fused-ring (bicyclic) bond motifs is 1. The molecule has 0 aliphatic heterocycles. The summed E-state index contributed by atoms with van der Waals surface area (Å²) in [4.78, 5) is 11.1. The van der Waals surface area contributed by atoms with Crippen LogP contribution in [0.3, 0.4) is 0 Å². The van der Waals surface area contributed by atoms with Gasteiger partial charge in [0.05, 0.1) is 18.2 Å². The summed E-state index contributed by atoms with van der Waals surface area (Å²) in [7, 11) is 0.706. The van der Waals surface area contributed by atoms with E-state index in [1.807, 2.05) is 23.9 Å². The molecule has 7 nitrogen and oxygen atoms in total. The van der Waals surface area contributed by atoms with E-state index >= 15 is 0 Å². The molecule has 0 spiro atoms. The Kier molecular flexibility index (Phi) is 4.78. The second-order valence-electron chi connectivity index (χ2n) is 6.64. The van der Waals surface area contributed by atoms with Crippen LogP contribution < -0.4 is 4.90 Å². The molecule has 0 aromatic carbocycles. The Hall–Kier alpha value is -1.67. The Morgan fingerprint density at radius 1 is 1.29 bits per heavy atom. The summed E-state index contributed by atoms with van der Waals surface area (Å²) in [6, 6.07) is 2.45. The first kappa shape index (κ1) is 17.2. The molecule has 132 valence electrons. The number of aromatic nitrogens is 3. The van der Waals surface area contributed by atoms with Crippen LogP contribution in [0.4, 0.5) is 5.82 Å². The van der Waals surface area contributed by atoms with Crippen LogP contribution in [0, 0.1) is 5.92 Å². The SMILES string of the molecule is Cn1ccc2c(N(C)[C@H]3CC[C@H](COS(C)(=O)=O)CC3)ncnc21. The molecule has 2 aromatic rings. The van der Waals surface area contributed by atoms with Gasteiger partial charge in [-0.05, 0) is 37.7 Å². The van der Waals surface area contributed by atoms with Gasteiger partial charge in [-0.3, -0.25) is 4.18 Å². The molecule has 0 saturated heterocycles. The van der Waals surface area contributed by atoms with Crippen molar-refractivity contribution in [3.63, 3.8) is 0 Å². The fraction of sp³-hybridized carbons (Fsp3) is 0.625. The van der Waals surface area contributed by atoms with Crippen LogP contribution in [0.5, 0.6) is 0 Å². The van der Waals surface area contributed by atoms with Crippen molar-refractivity contribution < 1.29 is 12.6 Å². The van der Waals surface area contributed by atoms with Crippen LogP contribution in [0.15, 0.2) is 18.6 Å². The van der Waals surface area contributed by atoms with Gasteiger partial charge in [-0.25, -0.2) is 9.97 Å². The fourth-order valence-corrected chi connectivity index (χ4v) is 3.88. The minimum absolute atomic E-state index is 0.297. The van der Waals surface area contributed by atoms with E-state index in [9.17, 15) is 8.42 Å². The minimum Gasteiger partial charge on any atom is -0.356 e. The molecule has 1 saturated carbocycles. The second-order valence-corrected chi connectivity index (χ2v) is 8.28. The Morgan fingerprint density at radius 2 is 2.00 bits per heavy atom. The average molecular weight is 352 g/mol. The Morgan fingerprint density at radius 3 is 2.67 bits per heavy atom. The summed E-state index contributed by atoms with van der Waals surface area (Å²) in [5, 5.41) is 1.06. The quantitative estimate of drug-likeness (QED) is 0.766. The monoisotopic (exact) mass is 352 g/mol. The molecule has 2 aromatic heterocycles.